The highest BCUT2D eigenvalue weighted by molar-refractivity contribution is 9.08. The van der Waals surface area contributed by atoms with Crippen molar-refractivity contribution in [3.63, 3.8) is 0 Å². The van der Waals surface area contributed by atoms with Gasteiger partial charge in [0.25, 0.3) is 23.6 Å². The lowest BCUT2D eigenvalue weighted by atomic mass is 10.0. The maximum Gasteiger partial charge on any atom is 0.263 e. The summed E-state index contributed by atoms with van der Waals surface area (Å²) in [7, 11) is -15.3. The summed E-state index contributed by atoms with van der Waals surface area (Å²) >= 11 is 9.36. The Balaban J connectivity index is 0.000000218. The highest BCUT2D eigenvalue weighted by Crippen LogP contribution is 2.42. The van der Waals surface area contributed by atoms with Crippen molar-refractivity contribution in [2.45, 2.75) is 150 Å². The van der Waals surface area contributed by atoms with Crippen LogP contribution in [0.4, 0.5) is 0 Å². The lowest BCUT2D eigenvalue weighted by Crippen LogP contribution is -2.61. The number of nitrogens with zero attached hydrogens (tertiary/aromatic N) is 4. The normalized spacial score (nSPS) is 22.1. The summed E-state index contributed by atoms with van der Waals surface area (Å²) in [5, 5.41) is 36.6. The molecule has 8 rings (SSSR count). The Labute approximate surface area is 554 Å². The van der Waals surface area contributed by atoms with Crippen molar-refractivity contribution in [2.24, 2.45) is 0 Å². The Morgan fingerprint density at radius 3 is 0.933 bits per heavy atom. The number of alkyl halides is 1. The van der Waals surface area contributed by atoms with E-state index < -0.39 is 107 Å². The van der Waals surface area contributed by atoms with E-state index in [0.717, 1.165) is 16.7 Å². The molecule has 33 heteroatoms. The van der Waals surface area contributed by atoms with Gasteiger partial charge in [0.15, 0.2) is 0 Å². The predicted molar refractivity (Wildman–Crippen MR) is 354 cm³/mol. The number of halogens is 1. The van der Waals surface area contributed by atoms with Crippen LogP contribution in [-0.4, -0.2) is 188 Å². The zero-order chi connectivity index (χ0) is 67.6. The molecule has 0 saturated carbocycles. The molecule has 4 aliphatic heterocycles. The number of carbonyl (C=O) groups excluding carboxylic acids is 4. The molecule has 90 heavy (non-hydrogen) atoms. The molecule has 4 aromatic carbocycles. The Bertz CT molecular complexity index is 3590. The van der Waals surface area contributed by atoms with E-state index in [1.807, 2.05) is 20.8 Å². The Morgan fingerprint density at radius 1 is 0.444 bits per heavy atom. The molecule has 4 amide bonds. The van der Waals surface area contributed by atoms with Crippen LogP contribution in [0.1, 0.15) is 91.8 Å². The molecule has 24 nitrogen and oxygen atoms in total. The number of sulfonamides is 4. The van der Waals surface area contributed by atoms with Gasteiger partial charge in [-0.15, -0.1) is 0 Å². The van der Waals surface area contributed by atoms with Crippen LogP contribution < -0.4 is 21.9 Å². The highest BCUT2D eigenvalue weighted by Gasteiger charge is 2.52. The topological polar surface area (TPSA) is 347 Å². The van der Waals surface area contributed by atoms with Crippen LogP contribution in [0, 0.1) is 6.92 Å². The van der Waals surface area contributed by atoms with Gasteiger partial charge in [-0.05, 0) is 128 Å². The summed E-state index contributed by atoms with van der Waals surface area (Å²) in [5.74, 6) is -0.203. The second-order valence-electron chi connectivity index (χ2n) is 23.4. The molecule has 4 aromatic rings. The second-order valence-corrected chi connectivity index (χ2v) is 38.5. The molecule has 4 atom stereocenters. The first-order valence-corrected chi connectivity index (χ1v) is 38.9. The minimum Gasteiger partial charge on any atom is -0.289 e. The van der Waals surface area contributed by atoms with Crippen LogP contribution in [0.15, 0.2) is 123 Å². The number of hydrogen-bond acceptors (Lipinski definition) is 20. The van der Waals surface area contributed by atoms with Crippen molar-refractivity contribution < 1.29 is 73.7 Å². The summed E-state index contributed by atoms with van der Waals surface area (Å²) in [6.45, 7) is 21.2. The zero-order valence-corrected chi connectivity index (χ0v) is 59.8. The lowest BCUT2D eigenvalue weighted by Gasteiger charge is -2.43. The zero-order valence-electron chi connectivity index (χ0n) is 51.7. The number of hydroxylamine groups is 4. The number of rotatable bonds is 14. The minimum atomic E-state index is -3.83. The van der Waals surface area contributed by atoms with Gasteiger partial charge in [0.05, 0.1) is 19.6 Å². The van der Waals surface area contributed by atoms with Crippen LogP contribution >= 0.6 is 63.0 Å². The number of aryl methyl sites for hydroxylation is 1. The van der Waals surface area contributed by atoms with Gasteiger partial charge >= 0.3 is 0 Å². The van der Waals surface area contributed by atoms with Crippen molar-refractivity contribution >= 4 is 127 Å². The van der Waals surface area contributed by atoms with Crippen molar-refractivity contribution in [2.75, 3.05) is 49.2 Å². The van der Waals surface area contributed by atoms with Crippen LogP contribution in [0.3, 0.4) is 0 Å². The number of nitrogens with one attached hydrogen (secondary N) is 4. The molecular formula is C57H81BrN8O16S8. The molecule has 4 fully saturated rings. The number of hydrogen-bond donors (Lipinski definition) is 8. The smallest absolute Gasteiger partial charge is 0.263 e. The first kappa shape index (κ1) is 76.8. The summed E-state index contributed by atoms with van der Waals surface area (Å²) in [6, 6.07) is 23.9. The molecule has 4 aliphatic rings. The maximum absolute atomic E-state index is 13.0. The number of carbonyl (C=O) groups is 4. The van der Waals surface area contributed by atoms with Crippen LogP contribution in [0.25, 0.3) is 0 Å². The molecule has 4 heterocycles. The predicted octanol–water partition coefficient (Wildman–Crippen LogP) is 6.63. The van der Waals surface area contributed by atoms with Crippen LogP contribution in [0.2, 0.25) is 0 Å². The third-order valence-electron chi connectivity index (χ3n) is 15.2. The van der Waals surface area contributed by atoms with E-state index in [9.17, 15) is 52.8 Å². The summed E-state index contributed by atoms with van der Waals surface area (Å²) < 4.78 is 105. The first-order valence-electron chi connectivity index (χ1n) is 28.1. The standard InChI is InChI=1S/C16H24N2O4S2.C14H19BrN2O4S2.C14H20N2O4S2.C13H18N2O4S2/c1-11(2)12-5-7-13(8-6-12)24(21,22)18-9-10-23-16(3,4)14(18)15(19)17-20;1-14(2)12(13(18)16-19)17(7-8-22-14)23(20,21)11-5-3-10(9-15)4-6-11;1-10-4-6-11(7-5-10)22(19,20)16-8-9-21-14(2,3)12(16)13(17)15-18;1-13(2)11(12(16)14-17)15(8-9-20-13)21(18,19)10-6-4-3-5-7-10/h5-8,11,14,20H,9-10H2,1-4H3,(H,17,19);3-6,12,19H,7-9H2,1-2H3,(H,16,18);4-7,12,18H,8-9H2,1-3H3,(H,15,17);3-7,11,17H,8-9H2,1-2H3,(H,14,16). The molecule has 4 saturated heterocycles. The Hall–Kier alpha value is -3.88. The van der Waals surface area contributed by atoms with Gasteiger partial charge in [0.1, 0.15) is 24.2 Å². The number of benzene rings is 4. The third kappa shape index (κ3) is 17.9. The average Bonchev–Trinajstić information content (AvgIpc) is 1.04. The van der Waals surface area contributed by atoms with Crippen molar-refractivity contribution in [3.8, 4) is 0 Å². The quantitative estimate of drug-likeness (QED) is 0.0373. The minimum absolute atomic E-state index is 0.139. The van der Waals surface area contributed by atoms with Crippen LogP contribution in [0.5, 0.6) is 0 Å². The number of amides is 4. The fourth-order valence-electron chi connectivity index (χ4n) is 10.5. The van der Waals surface area contributed by atoms with E-state index in [4.69, 9.17) is 20.8 Å². The largest absolute Gasteiger partial charge is 0.289 e. The lowest BCUT2D eigenvalue weighted by molar-refractivity contribution is -0.134. The molecule has 0 aliphatic carbocycles. The van der Waals surface area contributed by atoms with E-state index in [-0.39, 0.29) is 45.8 Å². The first-order chi connectivity index (χ1) is 41.8. The van der Waals surface area contributed by atoms with Gasteiger partial charge in [-0.1, -0.05) is 89.9 Å². The molecule has 0 spiro atoms. The van der Waals surface area contributed by atoms with E-state index in [0.29, 0.717) is 34.3 Å². The maximum atomic E-state index is 13.0. The monoisotopic (exact) mass is 1470 g/mol. The molecular weight excluding hydrogens is 1390 g/mol. The van der Waals surface area contributed by atoms with Gasteiger partial charge in [0, 0.05) is 73.5 Å². The van der Waals surface area contributed by atoms with E-state index in [2.05, 4.69) is 15.9 Å². The molecule has 8 N–H and O–H groups in total. The van der Waals surface area contributed by atoms with Gasteiger partial charge in [-0.25, -0.2) is 55.6 Å². The fraction of sp³-hybridized carbons (Fsp3) is 0.509. The molecule has 0 bridgehead atoms. The molecule has 0 radical (unpaired) electrons. The van der Waals surface area contributed by atoms with Crippen molar-refractivity contribution in [3.05, 3.63) is 120 Å². The molecule has 4 unspecified atom stereocenters. The van der Waals surface area contributed by atoms with Crippen molar-refractivity contribution in [1.82, 2.24) is 39.1 Å². The average molecular weight is 1470 g/mol. The van der Waals surface area contributed by atoms with E-state index in [1.54, 1.807) is 144 Å². The van der Waals surface area contributed by atoms with Gasteiger partial charge < -0.3 is 0 Å². The summed E-state index contributed by atoms with van der Waals surface area (Å²) in [5.41, 5.74) is 9.35. The van der Waals surface area contributed by atoms with Gasteiger partial charge in [0.2, 0.25) is 40.1 Å². The molecule has 0 aromatic heterocycles. The third-order valence-corrected chi connectivity index (χ3v) is 28.8. The van der Waals surface area contributed by atoms with Crippen molar-refractivity contribution in [1.29, 1.82) is 0 Å². The van der Waals surface area contributed by atoms with E-state index >= 15 is 0 Å². The molecule has 500 valence electrons. The fourth-order valence-corrected chi connectivity index (χ4v) is 23.3. The Kier molecular flexibility index (Phi) is 27.0. The Morgan fingerprint density at radius 2 is 0.689 bits per heavy atom. The highest BCUT2D eigenvalue weighted by atomic mass is 79.9. The SMILES string of the molecule is CC(C)c1ccc(S(=O)(=O)N2CCSC(C)(C)C2C(=O)NO)cc1.CC1(C)SCCN(S(=O)(=O)c2ccc(CBr)cc2)C1C(=O)NO.CC1(C)SCCN(S(=O)(=O)c2ccccc2)C1C(=O)NO.Cc1ccc(S(=O)(=O)N2CCSC(C)(C)C2C(=O)NO)cc1. The van der Waals surface area contributed by atoms with Crippen LogP contribution in [-0.2, 0) is 64.6 Å². The van der Waals surface area contributed by atoms with Gasteiger partial charge in [-0.3, -0.25) is 40.0 Å². The summed E-state index contributed by atoms with van der Waals surface area (Å²) in [4.78, 5) is 48.8. The van der Waals surface area contributed by atoms with Gasteiger partial charge in [-0.2, -0.15) is 64.3 Å². The number of thioether (sulfide) groups is 4. The van der Waals surface area contributed by atoms with E-state index in [1.165, 1.54) is 101 Å². The summed E-state index contributed by atoms with van der Waals surface area (Å²) in [6.07, 6.45) is 0. The second kappa shape index (κ2) is 31.6.